The molecule has 260 valence electrons. The molecule has 0 aromatic carbocycles. The zero-order valence-corrected chi connectivity index (χ0v) is 27.9. The lowest BCUT2D eigenvalue weighted by Crippen LogP contribution is -2.60. The van der Waals surface area contributed by atoms with E-state index >= 15 is 0 Å². The maximum absolute atomic E-state index is 13.1. The van der Waals surface area contributed by atoms with Crippen LogP contribution in [0.4, 0.5) is 0 Å². The lowest BCUT2D eigenvalue weighted by Gasteiger charge is -2.26. The summed E-state index contributed by atoms with van der Waals surface area (Å²) in [5, 5.41) is 41.6. The summed E-state index contributed by atoms with van der Waals surface area (Å²) in [6.07, 6.45) is 8.63. The van der Waals surface area contributed by atoms with Crippen molar-refractivity contribution in [3.63, 3.8) is 0 Å². The molecule has 0 fully saturated rings. The van der Waals surface area contributed by atoms with E-state index in [0.29, 0.717) is 38.6 Å². The molecule has 0 radical (unpaired) electrons. The normalized spacial score (nSPS) is 15.0. The first-order valence-electron chi connectivity index (χ1n) is 16.5. The van der Waals surface area contributed by atoms with E-state index in [9.17, 15) is 39.1 Å². The van der Waals surface area contributed by atoms with Gasteiger partial charge in [0.25, 0.3) is 0 Å². The second kappa shape index (κ2) is 24.5. The number of nitrogens with two attached hydrogens (primary N) is 1. The average molecular weight is 643 g/mol. The molecule has 0 spiro atoms. The molecule has 14 nitrogen and oxygen atoms in total. The first-order valence-corrected chi connectivity index (χ1v) is 16.5. The predicted octanol–water partition coefficient (Wildman–Crippen LogP) is -0.0872. The molecule has 0 unspecified atom stereocenters. The molecule has 0 aliphatic rings. The van der Waals surface area contributed by atoms with Crippen molar-refractivity contribution in [2.75, 3.05) is 6.54 Å². The van der Waals surface area contributed by atoms with Gasteiger partial charge in [0.1, 0.15) is 24.2 Å². The Morgan fingerprint density at radius 1 is 0.644 bits per heavy atom. The summed E-state index contributed by atoms with van der Waals surface area (Å²) in [5.74, 6) is -4.03. The van der Waals surface area contributed by atoms with Crippen LogP contribution in [0.2, 0.25) is 0 Å². The number of amides is 5. The van der Waals surface area contributed by atoms with Gasteiger partial charge in [-0.2, -0.15) is 0 Å². The highest BCUT2D eigenvalue weighted by Gasteiger charge is 2.32. The van der Waals surface area contributed by atoms with E-state index in [4.69, 9.17) is 5.73 Å². The fourth-order valence-electron chi connectivity index (χ4n) is 4.55. The monoisotopic (exact) mass is 642 g/mol. The Kier molecular flexibility index (Phi) is 23.0. The molecule has 6 atom stereocenters. The van der Waals surface area contributed by atoms with Gasteiger partial charge in [-0.25, -0.2) is 0 Å². The Balaban J connectivity index is 5.21. The van der Waals surface area contributed by atoms with E-state index in [2.05, 4.69) is 33.5 Å². The highest BCUT2D eigenvalue weighted by atomic mass is 16.4. The minimum atomic E-state index is -1.80. The van der Waals surface area contributed by atoms with Crippen LogP contribution in [0.3, 0.4) is 0 Å². The standard InChI is InChI=1S/C30H59BN6O8/c1-6-8-9-10-11-12-13-18-25(39)35-23(16-7-2)29(42)37-26(21(4)38)30(43)33-20(3)27(40)36-24(17-14-15-19-32)28(41)34-22(5)31(44)45/h20-24,26,38,44-45H,6-19,32H2,1-5H3,(H,33,43)(H,34,41)(H,35,39)(H,36,40)(H,37,42)/t20-,21+,22-,23-,24-,26-/m0/s1. The highest BCUT2D eigenvalue weighted by molar-refractivity contribution is 6.43. The number of hydrogen-bond donors (Lipinski definition) is 9. The third-order valence-corrected chi connectivity index (χ3v) is 7.45. The zero-order chi connectivity index (χ0) is 34.4. The predicted molar refractivity (Wildman–Crippen MR) is 173 cm³/mol. The molecule has 0 aliphatic carbocycles. The molecule has 15 heteroatoms. The molecule has 5 amide bonds. The van der Waals surface area contributed by atoms with Crippen LogP contribution in [0.25, 0.3) is 0 Å². The number of nitrogens with one attached hydrogen (secondary N) is 5. The van der Waals surface area contributed by atoms with Crippen LogP contribution < -0.4 is 32.3 Å². The second-order valence-electron chi connectivity index (χ2n) is 11.8. The Hall–Kier alpha value is -2.75. The molecule has 0 saturated heterocycles. The van der Waals surface area contributed by atoms with E-state index in [0.717, 1.165) is 25.7 Å². The first kappa shape index (κ1) is 42.3. The summed E-state index contributed by atoms with van der Waals surface area (Å²) < 4.78 is 0. The third kappa shape index (κ3) is 18.7. The van der Waals surface area contributed by atoms with Crippen molar-refractivity contribution in [2.45, 2.75) is 154 Å². The summed E-state index contributed by atoms with van der Waals surface area (Å²) in [6.45, 7) is 8.49. The van der Waals surface area contributed by atoms with Crippen molar-refractivity contribution in [2.24, 2.45) is 5.73 Å². The van der Waals surface area contributed by atoms with Crippen molar-refractivity contribution < 1.29 is 39.1 Å². The van der Waals surface area contributed by atoms with Crippen LogP contribution in [0.15, 0.2) is 0 Å². The fourth-order valence-corrected chi connectivity index (χ4v) is 4.55. The summed E-state index contributed by atoms with van der Waals surface area (Å²) in [5.41, 5.74) is 5.53. The van der Waals surface area contributed by atoms with Gasteiger partial charge in [-0.3, -0.25) is 24.0 Å². The molecule has 0 heterocycles. The lowest BCUT2D eigenvalue weighted by molar-refractivity contribution is -0.136. The van der Waals surface area contributed by atoms with Crippen molar-refractivity contribution in [3.05, 3.63) is 0 Å². The molecule has 45 heavy (non-hydrogen) atoms. The van der Waals surface area contributed by atoms with Gasteiger partial charge in [0.15, 0.2) is 0 Å². The van der Waals surface area contributed by atoms with Crippen molar-refractivity contribution in [1.29, 1.82) is 0 Å². The maximum Gasteiger partial charge on any atom is 0.475 e. The van der Waals surface area contributed by atoms with Gasteiger partial charge < -0.3 is 47.5 Å². The number of hydrogen-bond acceptors (Lipinski definition) is 9. The van der Waals surface area contributed by atoms with Gasteiger partial charge in [-0.1, -0.05) is 58.8 Å². The van der Waals surface area contributed by atoms with Crippen LogP contribution in [-0.4, -0.2) is 94.6 Å². The fraction of sp³-hybridized carbons (Fsp3) is 0.833. The quantitative estimate of drug-likeness (QED) is 0.0478. The van der Waals surface area contributed by atoms with Crippen LogP contribution >= 0.6 is 0 Å². The SMILES string of the molecule is CCCCCCCCCC(=O)N[C@@H](CCC)C(=O)N[C@H](C(=O)N[C@@H](C)C(=O)N[C@@H](CCCCN)C(=O)N[C@@H](C)B(O)O)[C@@H](C)O. The number of carbonyl (C=O) groups is 5. The molecule has 0 bridgehead atoms. The summed E-state index contributed by atoms with van der Waals surface area (Å²) in [6, 6.07) is -4.50. The van der Waals surface area contributed by atoms with E-state index < -0.39 is 67.0 Å². The number of aliphatic hydroxyl groups excluding tert-OH is 1. The van der Waals surface area contributed by atoms with Crippen molar-refractivity contribution >= 4 is 36.7 Å². The molecule has 0 saturated carbocycles. The lowest BCUT2D eigenvalue weighted by atomic mass is 9.81. The van der Waals surface area contributed by atoms with Gasteiger partial charge in [0.05, 0.1) is 12.0 Å². The Morgan fingerprint density at radius 3 is 1.78 bits per heavy atom. The second-order valence-corrected chi connectivity index (χ2v) is 11.8. The van der Waals surface area contributed by atoms with E-state index in [1.807, 2.05) is 6.92 Å². The summed E-state index contributed by atoms with van der Waals surface area (Å²) in [4.78, 5) is 64.3. The van der Waals surface area contributed by atoms with Gasteiger partial charge in [-0.05, 0) is 59.4 Å². The molecular formula is C30H59BN6O8. The molecule has 0 aliphatic heterocycles. The zero-order valence-electron chi connectivity index (χ0n) is 27.9. The van der Waals surface area contributed by atoms with Crippen LogP contribution in [-0.2, 0) is 24.0 Å². The molecule has 10 N–H and O–H groups in total. The number of rotatable bonds is 25. The van der Waals surface area contributed by atoms with E-state index in [-0.39, 0.29) is 12.3 Å². The average Bonchev–Trinajstić information content (AvgIpc) is 2.98. The molecular weight excluding hydrogens is 583 g/mol. The van der Waals surface area contributed by atoms with Crippen molar-refractivity contribution in [1.82, 2.24) is 26.6 Å². The van der Waals surface area contributed by atoms with E-state index in [1.165, 1.54) is 40.0 Å². The van der Waals surface area contributed by atoms with Crippen molar-refractivity contribution in [3.8, 4) is 0 Å². The van der Waals surface area contributed by atoms with Gasteiger partial charge in [0.2, 0.25) is 29.5 Å². The maximum atomic E-state index is 13.1. The Morgan fingerprint density at radius 2 is 1.22 bits per heavy atom. The Labute approximate surface area is 268 Å². The molecule has 0 aromatic heterocycles. The minimum Gasteiger partial charge on any atom is -0.426 e. The summed E-state index contributed by atoms with van der Waals surface area (Å²) in [7, 11) is -1.80. The number of carbonyl (C=O) groups excluding carboxylic acids is 5. The van der Waals surface area contributed by atoms with Crippen LogP contribution in [0, 0.1) is 0 Å². The summed E-state index contributed by atoms with van der Waals surface area (Å²) >= 11 is 0. The van der Waals surface area contributed by atoms with Crippen LogP contribution in [0.1, 0.15) is 118 Å². The topological polar surface area (TPSA) is 232 Å². The number of aliphatic hydroxyl groups is 1. The van der Waals surface area contributed by atoms with Gasteiger partial charge in [0, 0.05) is 6.42 Å². The first-order chi connectivity index (χ1) is 21.3. The molecule has 0 aromatic rings. The number of unbranched alkanes of at least 4 members (excludes halogenated alkanes) is 7. The largest absolute Gasteiger partial charge is 0.475 e. The van der Waals surface area contributed by atoms with Crippen LogP contribution in [0.5, 0.6) is 0 Å². The highest BCUT2D eigenvalue weighted by Crippen LogP contribution is 2.09. The van der Waals surface area contributed by atoms with E-state index in [1.54, 1.807) is 0 Å². The van der Waals surface area contributed by atoms with Gasteiger partial charge >= 0.3 is 7.12 Å². The Bertz CT molecular complexity index is 895. The third-order valence-electron chi connectivity index (χ3n) is 7.45. The molecule has 0 rings (SSSR count). The van der Waals surface area contributed by atoms with Gasteiger partial charge in [-0.15, -0.1) is 0 Å². The minimum absolute atomic E-state index is 0.222. The smallest absolute Gasteiger partial charge is 0.426 e.